The van der Waals surface area contributed by atoms with Gasteiger partial charge in [0.15, 0.2) is 0 Å². The summed E-state index contributed by atoms with van der Waals surface area (Å²) in [6, 6.07) is 0. The molecule has 0 unspecified atom stereocenters. The molecule has 0 aromatic heterocycles. The molecule has 1 saturated heterocycles. The van der Waals surface area contributed by atoms with Gasteiger partial charge < -0.3 is 10.1 Å². The van der Waals surface area contributed by atoms with Gasteiger partial charge in [0.25, 0.3) is 0 Å². The van der Waals surface area contributed by atoms with Crippen molar-refractivity contribution in [1.82, 2.24) is 5.32 Å². The maximum absolute atomic E-state index is 11.5. The molecule has 1 aliphatic rings. The number of carbonyl (C=O) groups is 1. The Morgan fingerprint density at radius 1 is 1.64 bits per heavy atom. The minimum absolute atomic E-state index is 0.0300. The quantitative estimate of drug-likeness (QED) is 0.696. The van der Waals surface area contributed by atoms with E-state index < -0.39 is 0 Å². The Morgan fingerprint density at radius 2 is 2.43 bits per heavy atom. The zero-order chi connectivity index (χ0) is 10.4. The van der Waals surface area contributed by atoms with Crippen LogP contribution in [0.3, 0.4) is 0 Å². The van der Waals surface area contributed by atoms with Crippen molar-refractivity contribution in [2.24, 2.45) is 0 Å². The monoisotopic (exact) mass is 197 g/mol. The first-order valence-corrected chi connectivity index (χ1v) is 5.30. The first-order valence-electron chi connectivity index (χ1n) is 5.30. The van der Waals surface area contributed by atoms with Crippen LogP contribution in [0.2, 0.25) is 0 Å². The van der Waals surface area contributed by atoms with Crippen molar-refractivity contribution in [3.05, 3.63) is 11.6 Å². The van der Waals surface area contributed by atoms with Crippen LogP contribution < -0.4 is 5.32 Å². The number of amides is 1. The van der Waals surface area contributed by atoms with Gasteiger partial charge in [0.05, 0.1) is 6.10 Å². The molecule has 1 atom stereocenters. The van der Waals surface area contributed by atoms with Gasteiger partial charge in [-0.25, -0.2) is 0 Å². The Hall–Kier alpha value is -0.830. The number of carbonyl (C=O) groups excluding carboxylic acids is 1. The molecule has 1 aliphatic heterocycles. The van der Waals surface area contributed by atoms with Crippen molar-refractivity contribution in [2.75, 3.05) is 13.2 Å². The molecule has 0 saturated carbocycles. The molecule has 1 rings (SSSR count). The predicted molar refractivity (Wildman–Crippen MR) is 56.0 cm³/mol. The third-order valence-electron chi connectivity index (χ3n) is 2.38. The normalized spacial score (nSPS) is 22.4. The molecule has 0 spiro atoms. The summed E-state index contributed by atoms with van der Waals surface area (Å²) < 4.78 is 5.41. The highest BCUT2D eigenvalue weighted by atomic mass is 16.5. The lowest BCUT2D eigenvalue weighted by Gasteiger charge is -2.10. The molecule has 1 heterocycles. The van der Waals surface area contributed by atoms with Crippen molar-refractivity contribution < 1.29 is 9.53 Å². The molecule has 1 N–H and O–H groups in total. The summed E-state index contributed by atoms with van der Waals surface area (Å²) in [7, 11) is 0. The Balaban J connectivity index is 2.23. The van der Waals surface area contributed by atoms with Crippen molar-refractivity contribution in [3.8, 4) is 0 Å². The third-order valence-corrected chi connectivity index (χ3v) is 2.38. The largest absolute Gasteiger partial charge is 0.376 e. The lowest BCUT2D eigenvalue weighted by atomic mass is 10.2. The van der Waals surface area contributed by atoms with E-state index in [1.165, 1.54) is 0 Å². The van der Waals surface area contributed by atoms with Crippen molar-refractivity contribution in [1.29, 1.82) is 0 Å². The second-order valence-electron chi connectivity index (χ2n) is 3.64. The molecule has 0 bridgehead atoms. The van der Waals surface area contributed by atoms with Gasteiger partial charge in [-0.1, -0.05) is 13.0 Å². The summed E-state index contributed by atoms with van der Waals surface area (Å²) in [5.74, 6) is 0.0300. The van der Waals surface area contributed by atoms with E-state index in [1.54, 1.807) is 0 Å². The second kappa shape index (κ2) is 5.81. The zero-order valence-electron chi connectivity index (χ0n) is 9.01. The van der Waals surface area contributed by atoms with Crippen LogP contribution in [0.4, 0.5) is 0 Å². The predicted octanol–water partition coefficient (Wildman–Crippen LogP) is 1.64. The van der Waals surface area contributed by atoms with E-state index in [2.05, 4.69) is 5.32 Å². The topological polar surface area (TPSA) is 38.3 Å². The molecule has 0 aromatic carbocycles. The van der Waals surface area contributed by atoms with Gasteiger partial charge in [-0.15, -0.1) is 0 Å². The molecule has 80 valence electrons. The average Bonchev–Trinajstić information content (AvgIpc) is 2.67. The maximum Gasteiger partial charge on any atom is 0.246 e. The van der Waals surface area contributed by atoms with E-state index in [4.69, 9.17) is 4.74 Å². The Bertz CT molecular complexity index is 217. The summed E-state index contributed by atoms with van der Waals surface area (Å²) in [5.41, 5.74) is 0.797. The molecule has 3 heteroatoms. The van der Waals surface area contributed by atoms with Gasteiger partial charge in [-0.05, 0) is 26.2 Å². The smallest absolute Gasteiger partial charge is 0.246 e. The van der Waals surface area contributed by atoms with Crippen LogP contribution in [-0.4, -0.2) is 25.2 Å². The first-order chi connectivity index (χ1) is 6.74. The molecular weight excluding hydrogens is 178 g/mol. The van der Waals surface area contributed by atoms with Crippen molar-refractivity contribution >= 4 is 5.91 Å². The van der Waals surface area contributed by atoms with Crippen LogP contribution in [0, 0.1) is 0 Å². The van der Waals surface area contributed by atoms with Crippen molar-refractivity contribution in [3.63, 3.8) is 0 Å². The number of hydrogen-bond donors (Lipinski definition) is 1. The van der Waals surface area contributed by atoms with Gasteiger partial charge in [-0.2, -0.15) is 0 Å². The third kappa shape index (κ3) is 3.50. The molecule has 0 radical (unpaired) electrons. The fourth-order valence-corrected chi connectivity index (χ4v) is 1.55. The molecule has 0 aliphatic carbocycles. The van der Waals surface area contributed by atoms with Crippen LogP contribution in [0.1, 0.15) is 33.1 Å². The average molecular weight is 197 g/mol. The van der Waals surface area contributed by atoms with Crippen LogP contribution in [0.25, 0.3) is 0 Å². The Labute approximate surface area is 85.5 Å². The summed E-state index contributed by atoms with van der Waals surface area (Å²) >= 11 is 0. The van der Waals surface area contributed by atoms with Gasteiger partial charge in [-0.3, -0.25) is 4.79 Å². The highest BCUT2D eigenvalue weighted by Gasteiger charge is 2.16. The van der Waals surface area contributed by atoms with E-state index in [0.717, 1.165) is 31.4 Å². The van der Waals surface area contributed by atoms with Crippen LogP contribution in [-0.2, 0) is 9.53 Å². The summed E-state index contributed by atoms with van der Waals surface area (Å²) in [5, 5.41) is 2.88. The summed E-state index contributed by atoms with van der Waals surface area (Å²) in [6.07, 6.45) is 5.25. The van der Waals surface area contributed by atoms with Gasteiger partial charge in [0.1, 0.15) is 0 Å². The van der Waals surface area contributed by atoms with Gasteiger partial charge >= 0.3 is 0 Å². The second-order valence-corrected chi connectivity index (χ2v) is 3.64. The zero-order valence-corrected chi connectivity index (χ0v) is 9.01. The fraction of sp³-hybridized carbons (Fsp3) is 0.727. The lowest BCUT2D eigenvalue weighted by molar-refractivity contribution is -0.117. The van der Waals surface area contributed by atoms with Gasteiger partial charge in [0, 0.05) is 18.7 Å². The number of nitrogens with one attached hydrogen (secondary N) is 1. The van der Waals surface area contributed by atoms with Gasteiger partial charge in [0.2, 0.25) is 5.91 Å². The molecular formula is C11H19NO2. The molecule has 3 nitrogen and oxygen atoms in total. The van der Waals surface area contributed by atoms with Crippen molar-refractivity contribution in [2.45, 2.75) is 39.2 Å². The molecule has 1 fully saturated rings. The number of ether oxygens (including phenoxy) is 1. The highest BCUT2D eigenvalue weighted by molar-refractivity contribution is 5.92. The fourth-order valence-electron chi connectivity index (χ4n) is 1.55. The summed E-state index contributed by atoms with van der Waals surface area (Å²) in [4.78, 5) is 11.5. The van der Waals surface area contributed by atoms with E-state index in [-0.39, 0.29) is 12.0 Å². The molecule has 0 aromatic rings. The van der Waals surface area contributed by atoms with E-state index in [1.807, 2.05) is 19.9 Å². The first kappa shape index (κ1) is 11.2. The standard InChI is InChI=1S/C11H19NO2/c1-3-5-9(2)11(13)12-8-10-6-4-7-14-10/h5,10H,3-4,6-8H2,1-2H3,(H,12,13)/b9-5-/t10-/m1/s1. The Kier molecular flexibility index (Phi) is 4.66. The van der Waals surface area contributed by atoms with E-state index in [9.17, 15) is 4.79 Å². The SMILES string of the molecule is CC/C=C(/C)C(=O)NC[C@H]1CCCO1. The minimum Gasteiger partial charge on any atom is -0.376 e. The van der Waals surface area contributed by atoms with Crippen LogP contribution >= 0.6 is 0 Å². The number of allylic oxidation sites excluding steroid dienone is 1. The lowest BCUT2D eigenvalue weighted by Crippen LogP contribution is -2.32. The number of rotatable bonds is 4. The number of hydrogen-bond acceptors (Lipinski definition) is 2. The van der Waals surface area contributed by atoms with E-state index in [0.29, 0.717) is 6.54 Å². The molecule has 14 heavy (non-hydrogen) atoms. The van der Waals surface area contributed by atoms with Crippen LogP contribution in [0.15, 0.2) is 11.6 Å². The molecule has 1 amide bonds. The summed E-state index contributed by atoms with van der Waals surface area (Å²) in [6.45, 7) is 5.35. The minimum atomic E-state index is 0.0300. The highest BCUT2D eigenvalue weighted by Crippen LogP contribution is 2.10. The Morgan fingerprint density at radius 3 is 3.00 bits per heavy atom. The maximum atomic E-state index is 11.5. The van der Waals surface area contributed by atoms with Crippen LogP contribution in [0.5, 0.6) is 0 Å². The van der Waals surface area contributed by atoms with E-state index >= 15 is 0 Å².